The van der Waals surface area contributed by atoms with Crippen LogP contribution in [0.15, 0.2) is 36.5 Å². The predicted molar refractivity (Wildman–Crippen MR) is 87.2 cm³/mol. The number of ether oxygens (including phenoxy) is 1. The molecule has 0 aliphatic carbocycles. The number of ketones is 1. The van der Waals surface area contributed by atoms with Crippen LogP contribution in [0.2, 0.25) is 0 Å². The van der Waals surface area contributed by atoms with Crippen molar-refractivity contribution >= 4 is 17.4 Å². The van der Waals surface area contributed by atoms with Crippen molar-refractivity contribution in [1.82, 2.24) is 4.98 Å². The molecule has 0 spiro atoms. The second-order valence-electron chi connectivity index (χ2n) is 6.32. The highest BCUT2D eigenvalue weighted by Gasteiger charge is 2.26. The van der Waals surface area contributed by atoms with Gasteiger partial charge in [-0.3, -0.25) is 14.9 Å². The summed E-state index contributed by atoms with van der Waals surface area (Å²) in [5.74, 6) is -1.16. The number of carbonyl (C=O) groups is 2. The lowest BCUT2D eigenvalue weighted by Gasteiger charge is -2.19. The highest BCUT2D eigenvalue weighted by molar-refractivity contribution is 5.98. The van der Waals surface area contributed by atoms with Gasteiger partial charge in [0.2, 0.25) is 5.78 Å². The number of carbonyl (C=O) groups excluding carboxylic acids is 2. The zero-order valence-electron chi connectivity index (χ0n) is 13.7. The molecule has 126 valence electrons. The van der Waals surface area contributed by atoms with E-state index in [1.807, 2.05) is 20.8 Å². The van der Waals surface area contributed by atoms with Gasteiger partial charge in [0.25, 0.3) is 5.69 Å². The maximum Gasteiger partial charge on any atom is 0.338 e. The number of aromatic amines is 1. The third kappa shape index (κ3) is 3.87. The first-order valence-electron chi connectivity index (χ1n) is 7.33. The van der Waals surface area contributed by atoms with Gasteiger partial charge in [-0.1, -0.05) is 26.8 Å². The number of Topliss-reactive ketones (excluding diaryl/α,β-unsaturated/α-hetero) is 1. The molecule has 0 fully saturated rings. The van der Waals surface area contributed by atoms with E-state index in [-0.39, 0.29) is 17.0 Å². The van der Waals surface area contributed by atoms with Crippen LogP contribution < -0.4 is 0 Å². The van der Waals surface area contributed by atoms with E-state index in [9.17, 15) is 19.7 Å². The zero-order valence-corrected chi connectivity index (χ0v) is 13.7. The molecule has 0 radical (unpaired) electrons. The Labute approximate surface area is 138 Å². The van der Waals surface area contributed by atoms with Crippen molar-refractivity contribution in [2.75, 3.05) is 6.61 Å². The highest BCUT2D eigenvalue weighted by Crippen LogP contribution is 2.31. The third-order valence-corrected chi connectivity index (χ3v) is 3.47. The fraction of sp³-hybridized carbons (Fsp3) is 0.294. The summed E-state index contributed by atoms with van der Waals surface area (Å²) in [6.07, 6.45) is 1.59. The van der Waals surface area contributed by atoms with E-state index in [1.54, 1.807) is 24.4 Å². The van der Waals surface area contributed by atoms with Crippen molar-refractivity contribution in [1.29, 1.82) is 0 Å². The minimum Gasteiger partial charge on any atom is -0.454 e. The number of H-pyrrole nitrogens is 1. The molecule has 0 aliphatic rings. The lowest BCUT2D eigenvalue weighted by atomic mass is 9.85. The van der Waals surface area contributed by atoms with Crippen LogP contribution in [-0.4, -0.2) is 28.3 Å². The minimum absolute atomic E-state index is 0.0361. The molecule has 7 nitrogen and oxygen atoms in total. The Morgan fingerprint density at radius 3 is 2.50 bits per heavy atom. The van der Waals surface area contributed by atoms with Crippen molar-refractivity contribution in [3.05, 3.63) is 63.5 Å². The molecule has 0 saturated carbocycles. The van der Waals surface area contributed by atoms with Gasteiger partial charge in [-0.05, 0) is 23.6 Å². The molecule has 0 amide bonds. The maximum atomic E-state index is 12.0. The summed E-state index contributed by atoms with van der Waals surface area (Å²) in [4.78, 5) is 37.3. The topological polar surface area (TPSA) is 102 Å². The molecule has 24 heavy (non-hydrogen) atoms. The summed E-state index contributed by atoms with van der Waals surface area (Å²) >= 11 is 0. The van der Waals surface area contributed by atoms with Crippen LogP contribution in [0.5, 0.6) is 0 Å². The molecule has 0 aliphatic heterocycles. The number of benzene rings is 1. The number of esters is 1. The Kier molecular flexibility index (Phi) is 4.82. The molecule has 0 saturated heterocycles. The summed E-state index contributed by atoms with van der Waals surface area (Å²) in [7, 11) is 0. The molecule has 0 bridgehead atoms. The van der Waals surface area contributed by atoms with Crippen LogP contribution in [-0.2, 0) is 10.2 Å². The largest absolute Gasteiger partial charge is 0.454 e. The number of rotatable bonds is 5. The van der Waals surface area contributed by atoms with E-state index in [2.05, 4.69) is 4.98 Å². The molecule has 2 rings (SSSR count). The summed E-state index contributed by atoms with van der Waals surface area (Å²) in [5, 5.41) is 11.3. The summed E-state index contributed by atoms with van der Waals surface area (Å²) in [6, 6.07) is 7.42. The third-order valence-electron chi connectivity index (χ3n) is 3.47. The Hall–Kier alpha value is -2.96. The first-order chi connectivity index (χ1) is 11.2. The van der Waals surface area contributed by atoms with Gasteiger partial charge in [0.15, 0.2) is 6.61 Å². The quantitative estimate of drug-likeness (QED) is 0.392. The SMILES string of the molecule is CC(C)(C)c1ccc(C(=O)OCC(=O)c2ccc[nH]2)cc1[N+](=O)[O-]. The van der Waals surface area contributed by atoms with Crippen molar-refractivity contribution in [3.63, 3.8) is 0 Å². The fourth-order valence-electron chi connectivity index (χ4n) is 2.24. The lowest BCUT2D eigenvalue weighted by Crippen LogP contribution is -2.17. The normalized spacial score (nSPS) is 11.1. The van der Waals surface area contributed by atoms with E-state index in [1.165, 1.54) is 12.1 Å². The minimum atomic E-state index is -0.779. The van der Waals surface area contributed by atoms with E-state index < -0.39 is 22.9 Å². The second kappa shape index (κ2) is 6.66. The Morgan fingerprint density at radius 1 is 1.25 bits per heavy atom. The standard InChI is InChI=1S/C17H18N2O5/c1-17(2,3)12-7-6-11(9-14(12)19(22)23)16(21)24-10-15(20)13-5-4-8-18-13/h4-9,18H,10H2,1-3H3. The van der Waals surface area contributed by atoms with Gasteiger partial charge in [0, 0.05) is 17.8 Å². The molecule has 1 N–H and O–H groups in total. The van der Waals surface area contributed by atoms with E-state index in [4.69, 9.17) is 4.74 Å². The molecular formula is C17H18N2O5. The van der Waals surface area contributed by atoms with Crippen molar-refractivity contribution in [2.24, 2.45) is 0 Å². The van der Waals surface area contributed by atoms with Crippen LogP contribution in [0.4, 0.5) is 5.69 Å². The van der Waals surface area contributed by atoms with Gasteiger partial charge in [-0.15, -0.1) is 0 Å². The van der Waals surface area contributed by atoms with Gasteiger partial charge in [-0.2, -0.15) is 0 Å². The second-order valence-corrected chi connectivity index (χ2v) is 6.32. The number of hydrogen-bond donors (Lipinski definition) is 1. The number of nitro groups is 1. The van der Waals surface area contributed by atoms with Gasteiger partial charge >= 0.3 is 5.97 Å². The highest BCUT2D eigenvalue weighted by atomic mass is 16.6. The van der Waals surface area contributed by atoms with Crippen LogP contribution >= 0.6 is 0 Å². The van der Waals surface area contributed by atoms with Crippen molar-refractivity contribution < 1.29 is 19.2 Å². The predicted octanol–water partition coefficient (Wildman–Crippen LogP) is 3.26. The van der Waals surface area contributed by atoms with Crippen molar-refractivity contribution in [2.45, 2.75) is 26.2 Å². The first kappa shape index (κ1) is 17.4. The van der Waals surface area contributed by atoms with Crippen LogP contribution in [0.3, 0.4) is 0 Å². The van der Waals surface area contributed by atoms with Gasteiger partial charge in [0.05, 0.1) is 16.2 Å². The Bertz CT molecular complexity index is 773. The van der Waals surface area contributed by atoms with Gasteiger partial charge in [-0.25, -0.2) is 4.79 Å². The van der Waals surface area contributed by atoms with E-state index in [0.717, 1.165) is 0 Å². The van der Waals surface area contributed by atoms with Crippen molar-refractivity contribution in [3.8, 4) is 0 Å². The molecule has 0 atom stereocenters. The average Bonchev–Trinajstić information content (AvgIpc) is 3.05. The van der Waals surface area contributed by atoms with Crippen LogP contribution in [0, 0.1) is 10.1 Å². The molecule has 1 aromatic carbocycles. The van der Waals surface area contributed by atoms with Gasteiger partial charge in [0.1, 0.15) is 0 Å². The summed E-state index contributed by atoms with van der Waals surface area (Å²) < 4.78 is 4.94. The number of nitrogens with one attached hydrogen (secondary N) is 1. The maximum absolute atomic E-state index is 12.0. The fourth-order valence-corrected chi connectivity index (χ4v) is 2.24. The molecule has 7 heteroatoms. The number of aromatic nitrogens is 1. The monoisotopic (exact) mass is 330 g/mol. The Balaban J connectivity index is 2.16. The smallest absolute Gasteiger partial charge is 0.338 e. The molecular weight excluding hydrogens is 312 g/mol. The number of hydrogen-bond acceptors (Lipinski definition) is 5. The van der Waals surface area contributed by atoms with Crippen LogP contribution in [0.1, 0.15) is 47.2 Å². The lowest BCUT2D eigenvalue weighted by molar-refractivity contribution is -0.386. The number of nitro benzene ring substituents is 1. The van der Waals surface area contributed by atoms with Crippen LogP contribution in [0.25, 0.3) is 0 Å². The molecule has 0 unspecified atom stereocenters. The Morgan fingerprint density at radius 2 is 1.96 bits per heavy atom. The van der Waals surface area contributed by atoms with E-state index >= 15 is 0 Å². The summed E-state index contributed by atoms with van der Waals surface area (Å²) in [6.45, 7) is 5.11. The first-order valence-corrected chi connectivity index (χ1v) is 7.33. The summed E-state index contributed by atoms with van der Waals surface area (Å²) in [5.41, 5.74) is 0.305. The molecule has 1 aromatic heterocycles. The molecule has 1 heterocycles. The average molecular weight is 330 g/mol. The zero-order chi connectivity index (χ0) is 17.9. The van der Waals surface area contributed by atoms with Gasteiger partial charge < -0.3 is 9.72 Å². The molecule has 2 aromatic rings. The van der Waals surface area contributed by atoms with E-state index in [0.29, 0.717) is 11.3 Å². The number of nitrogens with zero attached hydrogens (tertiary/aromatic N) is 1.